The quantitative estimate of drug-likeness (QED) is 0.427. The maximum Gasteiger partial charge on any atom is 0.329 e. The Kier molecular flexibility index (Phi) is 5.04. The Balaban J connectivity index is 1.87. The van der Waals surface area contributed by atoms with Gasteiger partial charge in [-0.15, -0.1) is 0 Å². The van der Waals surface area contributed by atoms with Gasteiger partial charge in [0.1, 0.15) is 5.76 Å². The number of hydrogen-bond acceptors (Lipinski definition) is 6. The number of rotatable bonds is 5. The van der Waals surface area contributed by atoms with Crippen molar-refractivity contribution in [2.75, 3.05) is 0 Å². The predicted octanol–water partition coefficient (Wildman–Crippen LogP) is 3.79. The van der Waals surface area contributed by atoms with E-state index in [0.29, 0.717) is 44.5 Å². The van der Waals surface area contributed by atoms with Crippen LogP contribution in [-0.4, -0.2) is 35.3 Å². The van der Waals surface area contributed by atoms with E-state index >= 15 is 0 Å². The van der Waals surface area contributed by atoms with Crippen LogP contribution in [0.3, 0.4) is 0 Å². The molecule has 1 unspecified atom stereocenters. The molecular formula is C25H23N5O4. The van der Waals surface area contributed by atoms with Crippen molar-refractivity contribution in [1.29, 1.82) is 0 Å². The molecule has 5 rings (SSSR count). The topological polar surface area (TPSA) is 116 Å². The van der Waals surface area contributed by atoms with Crippen molar-refractivity contribution in [2.45, 2.75) is 33.2 Å². The van der Waals surface area contributed by atoms with E-state index in [1.165, 1.54) is 0 Å². The lowest BCUT2D eigenvalue weighted by Crippen LogP contribution is -2.25. The average molecular weight is 457 g/mol. The number of carbonyl (C=O) groups is 1. The number of benzene rings is 1. The summed E-state index contributed by atoms with van der Waals surface area (Å²) in [6.45, 7) is 5.54. The first-order valence-corrected chi connectivity index (χ1v) is 10.9. The van der Waals surface area contributed by atoms with Crippen molar-refractivity contribution in [3.63, 3.8) is 0 Å². The van der Waals surface area contributed by atoms with E-state index in [1.54, 1.807) is 35.5 Å². The largest absolute Gasteiger partial charge is 0.481 e. The number of carboxylic acid groups (broad SMARTS) is 1. The van der Waals surface area contributed by atoms with Crippen molar-refractivity contribution in [1.82, 2.24) is 24.3 Å². The number of aromatic nitrogens is 5. The van der Waals surface area contributed by atoms with E-state index in [9.17, 15) is 14.7 Å². The van der Waals surface area contributed by atoms with Crippen LogP contribution in [0.5, 0.6) is 0 Å². The number of aryl methyl sites for hydroxylation is 3. The van der Waals surface area contributed by atoms with Crippen molar-refractivity contribution >= 4 is 27.9 Å². The number of nitrogens with zero attached hydrogens (tertiary/aromatic N) is 5. The minimum atomic E-state index is -0.959. The second-order valence-corrected chi connectivity index (χ2v) is 8.43. The van der Waals surface area contributed by atoms with Gasteiger partial charge in [0.05, 0.1) is 46.6 Å². The molecule has 0 aliphatic rings. The molecule has 4 heterocycles. The van der Waals surface area contributed by atoms with Crippen molar-refractivity contribution in [3.8, 4) is 11.1 Å². The smallest absolute Gasteiger partial charge is 0.329 e. The predicted molar refractivity (Wildman–Crippen MR) is 127 cm³/mol. The van der Waals surface area contributed by atoms with E-state index in [4.69, 9.17) is 4.52 Å². The number of fused-ring (bicyclic) bond motifs is 3. The molecule has 0 radical (unpaired) electrons. The molecular weight excluding hydrogens is 434 g/mol. The molecule has 9 nitrogen and oxygen atoms in total. The van der Waals surface area contributed by atoms with Crippen LogP contribution in [0.2, 0.25) is 0 Å². The minimum absolute atomic E-state index is 0.196. The van der Waals surface area contributed by atoms with E-state index in [2.05, 4.69) is 15.1 Å². The number of carboxylic acids is 1. The fraction of sp³-hybridized carbons (Fsp3) is 0.240. The third-order valence-electron chi connectivity index (χ3n) is 6.29. The molecule has 9 heteroatoms. The Hall–Kier alpha value is -4.27. The van der Waals surface area contributed by atoms with Gasteiger partial charge in [-0.1, -0.05) is 11.2 Å². The summed E-state index contributed by atoms with van der Waals surface area (Å²) < 4.78 is 8.59. The van der Waals surface area contributed by atoms with Crippen LogP contribution in [-0.2, 0) is 18.3 Å². The first-order valence-electron chi connectivity index (χ1n) is 10.9. The first kappa shape index (κ1) is 21.6. The summed E-state index contributed by atoms with van der Waals surface area (Å²) in [6.07, 6.45) is 3.18. The van der Waals surface area contributed by atoms with Gasteiger partial charge in [-0.2, -0.15) is 0 Å². The highest BCUT2D eigenvalue weighted by molar-refractivity contribution is 6.04. The summed E-state index contributed by atoms with van der Waals surface area (Å²) in [7, 11) is 1.70. The Morgan fingerprint density at radius 3 is 2.65 bits per heavy atom. The molecule has 172 valence electrons. The average Bonchev–Trinajstić information content (AvgIpc) is 3.28. The van der Waals surface area contributed by atoms with E-state index in [0.717, 1.165) is 11.3 Å². The van der Waals surface area contributed by atoms with Gasteiger partial charge in [0.15, 0.2) is 0 Å². The number of pyridine rings is 2. The fourth-order valence-corrected chi connectivity index (χ4v) is 4.64. The van der Waals surface area contributed by atoms with Crippen molar-refractivity contribution in [3.05, 3.63) is 75.9 Å². The Morgan fingerprint density at radius 1 is 1.21 bits per heavy atom. The van der Waals surface area contributed by atoms with E-state index < -0.39 is 5.97 Å². The Bertz CT molecular complexity index is 1610. The molecule has 1 aromatic carbocycles. The minimum Gasteiger partial charge on any atom is -0.481 e. The van der Waals surface area contributed by atoms with Crippen LogP contribution >= 0.6 is 0 Å². The standard InChI is InChI=1S/C25H23N5O4/c1-13-23(15(3)34-28-13)17-11-20-18(9-16(17)10-22(31)32)24-21(12-27-20)29(4)25(33)30(24)14(2)19-7-5-6-8-26-19/h5-9,11-12,14H,10H2,1-4H3,(H,31,32). The molecule has 0 saturated heterocycles. The van der Waals surface area contributed by atoms with E-state index in [1.807, 2.05) is 44.2 Å². The highest BCUT2D eigenvalue weighted by Crippen LogP contribution is 2.35. The van der Waals surface area contributed by atoms with Gasteiger partial charge in [0.25, 0.3) is 0 Å². The van der Waals surface area contributed by atoms with Crippen LogP contribution in [0.15, 0.2) is 52.0 Å². The fourth-order valence-electron chi connectivity index (χ4n) is 4.64. The summed E-state index contributed by atoms with van der Waals surface area (Å²) in [5, 5.41) is 14.4. The number of aliphatic carboxylic acids is 1. The monoisotopic (exact) mass is 457 g/mol. The maximum absolute atomic E-state index is 13.3. The summed E-state index contributed by atoms with van der Waals surface area (Å²) >= 11 is 0. The molecule has 0 saturated carbocycles. The van der Waals surface area contributed by atoms with Crippen LogP contribution in [0.4, 0.5) is 0 Å². The lowest BCUT2D eigenvalue weighted by atomic mass is 9.94. The molecule has 1 N–H and O–H groups in total. The zero-order valence-corrected chi connectivity index (χ0v) is 19.2. The van der Waals surface area contributed by atoms with Crippen LogP contribution in [0.25, 0.3) is 33.1 Å². The summed E-state index contributed by atoms with van der Waals surface area (Å²) in [5.41, 5.74) is 5.27. The normalized spacial score (nSPS) is 12.5. The zero-order chi connectivity index (χ0) is 24.1. The molecule has 0 fully saturated rings. The van der Waals surface area contributed by atoms with Crippen LogP contribution < -0.4 is 5.69 Å². The van der Waals surface area contributed by atoms with Gasteiger partial charge in [-0.25, -0.2) is 4.79 Å². The van der Waals surface area contributed by atoms with Crippen molar-refractivity contribution in [2.24, 2.45) is 7.05 Å². The molecule has 0 bridgehead atoms. The van der Waals surface area contributed by atoms with Crippen LogP contribution in [0.1, 0.15) is 35.7 Å². The summed E-state index contributed by atoms with van der Waals surface area (Å²) in [6, 6.07) is 8.93. The molecule has 0 aliphatic heterocycles. The molecule has 0 aliphatic carbocycles. The van der Waals surface area contributed by atoms with Gasteiger partial charge >= 0.3 is 11.7 Å². The molecule has 5 aromatic rings. The van der Waals surface area contributed by atoms with E-state index in [-0.39, 0.29) is 18.2 Å². The molecule has 4 aromatic heterocycles. The second kappa shape index (κ2) is 7.95. The van der Waals surface area contributed by atoms with Crippen LogP contribution in [0, 0.1) is 13.8 Å². The van der Waals surface area contributed by atoms with Gasteiger partial charge < -0.3 is 9.63 Å². The van der Waals surface area contributed by atoms with Gasteiger partial charge in [0, 0.05) is 24.2 Å². The number of imidazole rings is 1. The summed E-state index contributed by atoms with van der Waals surface area (Å²) in [5.74, 6) is -0.357. The third-order valence-corrected chi connectivity index (χ3v) is 6.29. The molecule has 1 atom stereocenters. The lowest BCUT2D eigenvalue weighted by Gasteiger charge is -2.15. The van der Waals surface area contributed by atoms with Crippen molar-refractivity contribution < 1.29 is 14.4 Å². The highest BCUT2D eigenvalue weighted by atomic mass is 16.5. The van der Waals surface area contributed by atoms with Gasteiger partial charge in [-0.3, -0.25) is 23.9 Å². The lowest BCUT2D eigenvalue weighted by molar-refractivity contribution is -0.136. The Morgan fingerprint density at radius 2 is 2.00 bits per heavy atom. The SMILES string of the molecule is Cc1noc(C)c1-c1cc2ncc3c(c2cc1CC(=O)O)n(C(C)c1ccccn1)c(=O)n3C. The molecule has 0 spiro atoms. The summed E-state index contributed by atoms with van der Waals surface area (Å²) in [4.78, 5) is 34.1. The maximum atomic E-state index is 13.3. The van der Waals surface area contributed by atoms with Gasteiger partial charge in [-0.05, 0) is 56.2 Å². The first-order chi connectivity index (χ1) is 16.3. The molecule has 34 heavy (non-hydrogen) atoms. The zero-order valence-electron chi connectivity index (χ0n) is 19.2. The third kappa shape index (κ3) is 3.28. The van der Waals surface area contributed by atoms with Gasteiger partial charge in [0.2, 0.25) is 0 Å². The number of hydrogen-bond donors (Lipinski definition) is 1. The highest BCUT2D eigenvalue weighted by Gasteiger charge is 2.23. The molecule has 0 amide bonds. The second-order valence-electron chi connectivity index (χ2n) is 8.43. The Labute approximate surface area is 194 Å².